The number of hydrogen-bond donors (Lipinski definition) is 3. The SMILES string of the molecule is NC(=O)c1ccc(NC2CCC(N)CC2)nn1. The molecule has 0 bridgehead atoms. The van der Waals surface area contributed by atoms with E-state index in [1.54, 1.807) is 12.1 Å². The normalized spacial score (nSPS) is 24.3. The molecule has 1 heterocycles. The number of carbonyl (C=O) groups is 1. The molecule has 6 heteroatoms. The zero-order chi connectivity index (χ0) is 12.3. The van der Waals surface area contributed by atoms with Crippen LogP contribution in [0.25, 0.3) is 0 Å². The Morgan fingerprint density at radius 2 is 1.94 bits per heavy atom. The summed E-state index contributed by atoms with van der Waals surface area (Å²) in [5.74, 6) is 0.114. The van der Waals surface area contributed by atoms with Crippen molar-refractivity contribution in [2.75, 3.05) is 5.32 Å². The van der Waals surface area contributed by atoms with Gasteiger partial charge in [-0.1, -0.05) is 0 Å². The summed E-state index contributed by atoms with van der Waals surface area (Å²) >= 11 is 0. The molecule has 0 spiro atoms. The maximum absolute atomic E-state index is 10.8. The highest BCUT2D eigenvalue weighted by atomic mass is 16.1. The second kappa shape index (κ2) is 5.09. The first-order chi connectivity index (χ1) is 8.15. The molecule has 2 rings (SSSR count). The molecule has 1 fully saturated rings. The molecule has 1 amide bonds. The standard InChI is InChI=1S/C11H17N5O/c12-7-1-3-8(4-2-7)14-10-6-5-9(11(13)17)15-16-10/h5-8H,1-4,12H2,(H2,13,17)(H,14,16). The van der Waals surface area contributed by atoms with Crippen LogP contribution >= 0.6 is 0 Å². The third kappa shape index (κ3) is 3.13. The zero-order valence-corrected chi connectivity index (χ0v) is 9.60. The van der Waals surface area contributed by atoms with Crippen molar-refractivity contribution in [3.8, 4) is 0 Å². The van der Waals surface area contributed by atoms with Gasteiger partial charge in [-0.05, 0) is 37.8 Å². The molecule has 92 valence electrons. The maximum atomic E-state index is 10.8. The van der Waals surface area contributed by atoms with Crippen molar-refractivity contribution in [3.05, 3.63) is 17.8 Å². The summed E-state index contributed by atoms with van der Waals surface area (Å²) in [4.78, 5) is 10.8. The van der Waals surface area contributed by atoms with Crippen molar-refractivity contribution in [2.24, 2.45) is 11.5 Å². The van der Waals surface area contributed by atoms with E-state index in [0.29, 0.717) is 17.9 Å². The molecule has 1 aromatic rings. The van der Waals surface area contributed by atoms with Crippen molar-refractivity contribution in [1.29, 1.82) is 0 Å². The summed E-state index contributed by atoms with van der Waals surface area (Å²) < 4.78 is 0. The van der Waals surface area contributed by atoms with E-state index in [1.807, 2.05) is 0 Å². The van der Waals surface area contributed by atoms with Crippen LogP contribution in [-0.2, 0) is 0 Å². The summed E-state index contributed by atoms with van der Waals surface area (Å²) in [5.41, 5.74) is 11.1. The van der Waals surface area contributed by atoms with Crippen LogP contribution in [-0.4, -0.2) is 28.2 Å². The molecule has 0 aliphatic heterocycles. The number of hydrogen-bond acceptors (Lipinski definition) is 5. The van der Waals surface area contributed by atoms with E-state index in [1.165, 1.54) is 0 Å². The van der Waals surface area contributed by atoms with E-state index in [2.05, 4.69) is 15.5 Å². The second-order valence-corrected chi connectivity index (χ2v) is 4.42. The molecule has 0 radical (unpaired) electrons. The topological polar surface area (TPSA) is 107 Å². The average molecular weight is 235 g/mol. The Labute approximate surface area is 99.8 Å². The molecule has 1 aliphatic carbocycles. The van der Waals surface area contributed by atoms with E-state index < -0.39 is 5.91 Å². The van der Waals surface area contributed by atoms with Crippen molar-refractivity contribution in [1.82, 2.24) is 10.2 Å². The van der Waals surface area contributed by atoms with Gasteiger partial charge < -0.3 is 16.8 Å². The number of primary amides is 1. The third-order valence-electron chi connectivity index (χ3n) is 3.04. The van der Waals surface area contributed by atoms with E-state index in [4.69, 9.17) is 11.5 Å². The van der Waals surface area contributed by atoms with E-state index >= 15 is 0 Å². The van der Waals surface area contributed by atoms with Crippen LogP contribution in [0.4, 0.5) is 5.82 Å². The highest BCUT2D eigenvalue weighted by Gasteiger charge is 2.18. The number of nitrogens with one attached hydrogen (secondary N) is 1. The second-order valence-electron chi connectivity index (χ2n) is 4.42. The molecular formula is C11H17N5O. The van der Waals surface area contributed by atoms with Gasteiger partial charge in [-0.15, -0.1) is 10.2 Å². The minimum atomic E-state index is -0.562. The van der Waals surface area contributed by atoms with Crippen molar-refractivity contribution < 1.29 is 4.79 Å². The van der Waals surface area contributed by atoms with Gasteiger partial charge in [0.15, 0.2) is 5.69 Å². The summed E-state index contributed by atoms with van der Waals surface area (Å²) in [6.45, 7) is 0. The zero-order valence-electron chi connectivity index (χ0n) is 9.60. The van der Waals surface area contributed by atoms with Gasteiger partial charge in [-0.25, -0.2) is 0 Å². The fraction of sp³-hybridized carbons (Fsp3) is 0.545. The number of rotatable bonds is 3. The Kier molecular flexibility index (Phi) is 3.53. The van der Waals surface area contributed by atoms with Crippen LogP contribution in [0.1, 0.15) is 36.2 Å². The van der Waals surface area contributed by atoms with Crippen molar-refractivity contribution in [3.63, 3.8) is 0 Å². The molecule has 1 aliphatic rings. The van der Waals surface area contributed by atoms with Crippen LogP contribution in [0.2, 0.25) is 0 Å². The Hall–Kier alpha value is -1.69. The first-order valence-electron chi connectivity index (χ1n) is 5.81. The number of carbonyl (C=O) groups excluding carboxylic acids is 1. The molecular weight excluding hydrogens is 218 g/mol. The molecule has 0 aromatic carbocycles. The smallest absolute Gasteiger partial charge is 0.269 e. The van der Waals surface area contributed by atoms with Gasteiger partial charge in [0, 0.05) is 12.1 Å². The maximum Gasteiger partial charge on any atom is 0.269 e. The van der Waals surface area contributed by atoms with Crippen LogP contribution in [0.15, 0.2) is 12.1 Å². The van der Waals surface area contributed by atoms with Crippen LogP contribution in [0, 0.1) is 0 Å². The predicted molar refractivity (Wildman–Crippen MR) is 64.4 cm³/mol. The van der Waals surface area contributed by atoms with Crippen molar-refractivity contribution in [2.45, 2.75) is 37.8 Å². The molecule has 5 N–H and O–H groups in total. The van der Waals surface area contributed by atoms with Crippen LogP contribution in [0.5, 0.6) is 0 Å². The van der Waals surface area contributed by atoms with Gasteiger partial charge in [-0.2, -0.15) is 0 Å². The van der Waals surface area contributed by atoms with Gasteiger partial charge in [0.2, 0.25) is 0 Å². The largest absolute Gasteiger partial charge is 0.366 e. The minimum Gasteiger partial charge on any atom is -0.366 e. The van der Waals surface area contributed by atoms with E-state index in [9.17, 15) is 4.79 Å². The molecule has 1 aromatic heterocycles. The number of amides is 1. The number of aromatic nitrogens is 2. The summed E-state index contributed by atoms with van der Waals surface area (Å²) in [5, 5.41) is 11.0. The summed E-state index contributed by atoms with van der Waals surface area (Å²) in [6, 6.07) is 4.02. The number of anilines is 1. The van der Waals surface area contributed by atoms with Crippen molar-refractivity contribution >= 4 is 11.7 Å². The Balaban J connectivity index is 1.92. The first kappa shape index (κ1) is 11.8. The van der Waals surface area contributed by atoms with Gasteiger partial charge in [-0.3, -0.25) is 4.79 Å². The monoisotopic (exact) mass is 235 g/mol. The van der Waals surface area contributed by atoms with E-state index in [0.717, 1.165) is 25.7 Å². The molecule has 6 nitrogen and oxygen atoms in total. The molecule has 0 unspecified atom stereocenters. The van der Waals surface area contributed by atoms with Crippen LogP contribution in [0.3, 0.4) is 0 Å². The van der Waals surface area contributed by atoms with Gasteiger partial charge in [0.25, 0.3) is 5.91 Å². The number of nitrogens with zero attached hydrogens (tertiary/aromatic N) is 2. The van der Waals surface area contributed by atoms with E-state index in [-0.39, 0.29) is 5.69 Å². The molecule has 0 saturated heterocycles. The minimum absolute atomic E-state index is 0.182. The lowest BCUT2D eigenvalue weighted by Crippen LogP contribution is -2.33. The average Bonchev–Trinajstić information content (AvgIpc) is 2.33. The Bertz CT molecular complexity index is 383. The van der Waals surface area contributed by atoms with Gasteiger partial charge in [0.1, 0.15) is 5.82 Å². The molecule has 1 saturated carbocycles. The first-order valence-corrected chi connectivity index (χ1v) is 5.81. The lowest BCUT2D eigenvalue weighted by atomic mass is 9.92. The third-order valence-corrected chi connectivity index (χ3v) is 3.04. The fourth-order valence-corrected chi connectivity index (χ4v) is 2.01. The van der Waals surface area contributed by atoms with Crippen LogP contribution < -0.4 is 16.8 Å². The molecule has 0 atom stereocenters. The predicted octanol–water partition coefficient (Wildman–Crippen LogP) is 0.257. The summed E-state index contributed by atoms with van der Waals surface area (Å²) in [6.07, 6.45) is 4.15. The Morgan fingerprint density at radius 1 is 1.24 bits per heavy atom. The quantitative estimate of drug-likeness (QED) is 0.696. The summed E-state index contributed by atoms with van der Waals surface area (Å²) in [7, 11) is 0. The van der Waals surface area contributed by atoms with Gasteiger partial charge >= 0.3 is 0 Å². The fourth-order valence-electron chi connectivity index (χ4n) is 2.01. The lowest BCUT2D eigenvalue weighted by Gasteiger charge is -2.26. The molecule has 17 heavy (non-hydrogen) atoms. The highest BCUT2D eigenvalue weighted by Crippen LogP contribution is 2.19. The van der Waals surface area contributed by atoms with Gasteiger partial charge in [0.05, 0.1) is 0 Å². The highest BCUT2D eigenvalue weighted by molar-refractivity contribution is 5.90. The Morgan fingerprint density at radius 3 is 2.47 bits per heavy atom. The number of nitrogens with two attached hydrogens (primary N) is 2. The lowest BCUT2D eigenvalue weighted by molar-refractivity contribution is 0.0994.